The molecule has 0 aliphatic heterocycles. The van der Waals surface area contributed by atoms with Crippen molar-refractivity contribution in [2.24, 2.45) is 0 Å². The Morgan fingerprint density at radius 3 is 2.24 bits per heavy atom. The molecule has 2 heteroatoms. The van der Waals surface area contributed by atoms with E-state index in [1.54, 1.807) is 0 Å². The van der Waals surface area contributed by atoms with Gasteiger partial charge in [0.1, 0.15) is 0 Å². The van der Waals surface area contributed by atoms with Gasteiger partial charge in [-0.1, -0.05) is 52.4 Å². The van der Waals surface area contributed by atoms with E-state index in [1.807, 2.05) is 7.11 Å². The van der Waals surface area contributed by atoms with Crippen LogP contribution in [0, 0.1) is 0 Å². The Balaban J connectivity index is 2.68. The number of rotatable bonds is 7. The Morgan fingerprint density at radius 1 is 1.12 bits per heavy atom. The van der Waals surface area contributed by atoms with Crippen LogP contribution in [0.15, 0.2) is 0 Å². The van der Waals surface area contributed by atoms with E-state index in [0.29, 0.717) is 6.04 Å². The zero-order valence-corrected chi connectivity index (χ0v) is 12.1. The zero-order valence-electron chi connectivity index (χ0n) is 12.1. The lowest BCUT2D eigenvalue weighted by Crippen LogP contribution is -2.51. The van der Waals surface area contributed by atoms with Gasteiger partial charge in [0.25, 0.3) is 0 Å². The van der Waals surface area contributed by atoms with Gasteiger partial charge in [0.2, 0.25) is 0 Å². The fraction of sp³-hybridized carbons (Fsp3) is 1.00. The molecule has 0 spiro atoms. The van der Waals surface area contributed by atoms with Gasteiger partial charge in [-0.05, 0) is 25.8 Å². The van der Waals surface area contributed by atoms with Crippen molar-refractivity contribution in [3.8, 4) is 0 Å². The molecular weight excluding hydrogens is 210 g/mol. The Morgan fingerprint density at radius 2 is 1.76 bits per heavy atom. The highest BCUT2D eigenvalue weighted by molar-refractivity contribution is 4.94. The first kappa shape index (κ1) is 15.0. The normalized spacial score (nSPS) is 22.1. The summed E-state index contributed by atoms with van der Waals surface area (Å²) in [6, 6.07) is 0.551. The van der Waals surface area contributed by atoms with Crippen molar-refractivity contribution >= 4 is 0 Å². The van der Waals surface area contributed by atoms with E-state index < -0.39 is 0 Å². The summed E-state index contributed by atoms with van der Waals surface area (Å²) in [6.07, 6.45) is 11.8. The van der Waals surface area contributed by atoms with Crippen LogP contribution in [0.5, 0.6) is 0 Å². The lowest BCUT2D eigenvalue weighted by molar-refractivity contribution is -0.0548. The minimum absolute atomic E-state index is 0.113. The van der Waals surface area contributed by atoms with Gasteiger partial charge in [-0.2, -0.15) is 0 Å². The van der Waals surface area contributed by atoms with E-state index in [9.17, 15) is 0 Å². The highest BCUT2D eigenvalue weighted by Crippen LogP contribution is 2.34. The van der Waals surface area contributed by atoms with Crippen LogP contribution in [0.1, 0.15) is 71.6 Å². The van der Waals surface area contributed by atoms with Crippen molar-refractivity contribution in [2.45, 2.75) is 83.3 Å². The van der Waals surface area contributed by atoms with Gasteiger partial charge in [0, 0.05) is 13.2 Å². The molecule has 1 N–H and O–H groups in total. The topological polar surface area (TPSA) is 21.3 Å². The first-order chi connectivity index (χ1) is 8.29. The largest absolute Gasteiger partial charge is 0.377 e. The summed E-state index contributed by atoms with van der Waals surface area (Å²) in [6.45, 7) is 5.54. The molecule has 0 heterocycles. The molecule has 1 atom stereocenters. The molecule has 1 rings (SSSR count). The zero-order chi connectivity index (χ0) is 12.6. The van der Waals surface area contributed by atoms with Gasteiger partial charge < -0.3 is 10.1 Å². The van der Waals surface area contributed by atoms with Crippen LogP contribution < -0.4 is 5.32 Å². The maximum absolute atomic E-state index is 6.01. The molecule has 0 aromatic rings. The van der Waals surface area contributed by atoms with Crippen LogP contribution >= 0.6 is 0 Å². The van der Waals surface area contributed by atoms with E-state index >= 15 is 0 Å². The van der Waals surface area contributed by atoms with Crippen LogP contribution in [0.3, 0.4) is 0 Å². The molecule has 2 nitrogen and oxygen atoms in total. The van der Waals surface area contributed by atoms with E-state index in [4.69, 9.17) is 4.74 Å². The minimum atomic E-state index is 0.113. The number of unbranched alkanes of at least 4 members (excludes halogenated alkanes) is 1. The van der Waals surface area contributed by atoms with Gasteiger partial charge in [0.05, 0.1) is 5.60 Å². The minimum Gasteiger partial charge on any atom is -0.377 e. The molecule has 0 aromatic carbocycles. The van der Waals surface area contributed by atoms with E-state index in [1.165, 1.54) is 57.8 Å². The predicted molar refractivity (Wildman–Crippen MR) is 74.4 cm³/mol. The molecule has 1 fully saturated rings. The Bertz CT molecular complexity index is 185. The molecule has 0 saturated heterocycles. The van der Waals surface area contributed by atoms with Crippen molar-refractivity contribution in [2.75, 3.05) is 13.7 Å². The smallest absolute Gasteiger partial charge is 0.0830 e. The van der Waals surface area contributed by atoms with Gasteiger partial charge >= 0.3 is 0 Å². The maximum Gasteiger partial charge on any atom is 0.0830 e. The molecule has 1 aliphatic rings. The number of likely N-dealkylation sites (N-methyl/N-ethyl adjacent to an activating group) is 1. The third-order valence-corrected chi connectivity index (χ3v) is 4.29. The van der Waals surface area contributed by atoms with Crippen molar-refractivity contribution in [3.63, 3.8) is 0 Å². The van der Waals surface area contributed by atoms with Crippen molar-refractivity contribution in [1.29, 1.82) is 0 Å². The predicted octanol–water partition coefficient (Wildman–Crippen LogP) is 3.89. The first-order valence-electron chi connectivity index (χ1n) is 7.57. The lowest BCUT2D eigenvalue weighted by Gasteiger charge is -2.40. The van der Waals surface area contributed by atoms with Crippen LogP contribution in [0.2, 0.25) is 0 Å². The molecule has 17 heavy (non-hydrogen) atoms. The number of hydrogen-bond donors (Lipinski definition) is 1. The highest BCUT2D eigenvalue weighted by atomic mass is 16.5. The fourth-order valence-corrected chi connectivity index (χ4v) is 3.23. The summed E-state index contributed by atoms with van der Waals surface area (Å²) in [5.41, 5.74) is 0.113. The Kier molecular flexibility index (Phi) is 7.14. The molecule has 0 bridgehead atoms. The lowest BCUT2D eigenvalue weighted by atomic mass is 9.83. The second kappa shape index (κ2) is 8.10. The average Bonchev–Trinajstić information content (AvgIpc) is 2.60. The number of methoxy groups -OCH3 is 1. The van der Waals surface area contributed by atoms with Crippen LogP contribution in [0.4, 0.5) is 0 Å². The van der Waals surface area contributed by atoms with Crippen molar-refractivity contribution in [1.82, 2.24) is 5.32 Å². The van der Waals surface area contributed by atoms with Gasteiger partial charge in [-0.25, -0.2) is 0 Å². The summed E-state index contributed by atoms with van der Waals surface area (Å²) in [7, 11) is 1.92. The van der Waals surface area contributed by atoms with Gasteiger partial charge in [0.15, 0.2) is 0 Å². The molecule has 0 aromatic heterocycles. The summed E-state index contributed by atoms with van der Waals surface area (Å²) in [5.74, 6) is 0. The second-order valence-corrected chi connectivity index (χ2v) is 5.44. The van der Waals surface area contributed by atoms with Crippen molar-refractivity contribution < 1.29 is 4.74 Å². The van der Waals surface area contributed by atoms with Gasteiger partial charge in [-0.3, -0.25) is 0 Å². The van der Waals surface area contributed by atoms with Crippen LogP contribution in [-0.2, 0) is 4.74 Å². The molecular formula is C15H31NO. The molecule has 102 valence electrons. The monoisotopic (exact) mass is 241 g/mol. The summed E-state index contributed by atoms with van der Waals surface area (Å²) < 4.78 is 6.01. The third-order valence-electron chi connectivity index (χ3n) is 4.29. The SMILES string of the molecule is CCCCC(NCC)C1(OC)CCCCCC1. The maximum atomic E-state index is 6.01. The molecule has 0 radical (unpaired) electrons. The van der Waals surface area contributed by atoms with E-state index in [0.717, 1.165) is 6.54 Å². The number of hydrogen-bond acceptors (Lipinski definition) is 2. The first-order valence-corrected chi connectivity index (χ1v) is 7.57. The quantitative estimate of drug-likeness (QED) is 0.683. The van der Waals surface area contributed by atoms with E-state index in [-0.39, 0.29) is 5.60 Å². The summed E-state index contributed by atoms with van der Waals surface area (Å²) >= 11 is 0. The molecule has 0 amide bonds. The van der Waals surface area contributed by atoms with E-state index in [2.05, 4.69) is 19.2 Å². The average molecular weight is 241 g/mol. The standard InChI is InChI=1S/C15H31NO/c1-4-6-11-14(16-5-2)15(17-3)12-9-7-8-10-13-15/h14,16H,4-13H2,1-3H3. The Labute approximate surface area is 108 Å². The molecule has 1 saturated carbocycles. The fourth-order valence-electron chi connectivity index (χ4n) is 3.23. The summed E-state index contributed by atoms with van der Waals surface area (Å²) in [5, 5.41) is 3.68. The van der Waals surface area contributed by atoms with Crippen LogP contribution in [-0.4, -0.2) is 25.3 Å². The second-order valence-electron chi connectivity index (χ2n) is 5.44. The Hall–Kier alpha value is -0.0800. The third kappa shape index (κ3) is 4.26. The van der Waals surface area contributed by atoms with Crippen molar-refractivity contribution in [3.05, 3.63) is 0 Å². The number of ether oxygens (including phenoxy) is 1. The number of nitrogens with one attached hydrogen (secondary N) is 1. The highest BCUT2D eigenvalue weighted by Gasteiger charge is 2.38. The summed E-state index contributed by atoms with van der Waals surface area (Å²) in [4.78, 5) is 0. The van der Waals surface area contributed by atoms with Crippen LogP contribution in [0.25, 0.3) is 0 Å². The molecule has 1 unspecified atom stereocenters. The van der Waals surface area contributed by atoms with Gasteiger partial charge in [-0.15, -0.1) is 0 Å². The molecule has 1 aliphatic carbocycles.